The van der Waals surface area contributed by atoms with E-state index in [1.54, 1.807) is 12.3 Å². The molecule has 1 aromatic carbocycles. The van der Waals surface area contributed by atoms with Crippen LogP contribution in [0.3, 0.4) is 0 Å². The molecule has 132 valence electrons. The van der Waals surface area contributed by atoms with Gasteiger partial charge in [-0.15, -0.1) is 0 Å². The number of carbonyl (C=O) groups excluding carboxylic acids is 1. The third-order valence-corrected chi connectivity index (χ3v) is 4.48. The highest BCUT2D eigenvalue weighted by molar-refractivity contribution is 5.95. The molecule has 0 saturated carbocycles. The number of para-hydroxylation sites is 1. The van der Waals surface area contributed by atoms with Gasteiger partial charge in [-0.1, -0.05) is 24.3 Å². The molecule has 0 unspecified atom stereocenters. The summed E-state index contributed by atoms with van der Waals surface area (Å²) in [5.41, 5.74) is 1.86. The molecule has 0 atom stereocenters. The Hall–Kier alpha value is -2.24. The molecule has 0 aliphatic carbocycles. The molecule has 5 heteroatoms. The Balaban J connectivity index is 1.56. The largest absolute Gasteiger partial charge is 0.396 e. The number of aliphatic hydroxyl groups is 1. The van der Waals surface area contributed by atoms with E-state index in [4.69, 9.17) is 9.84 Å². The third-order valence-electron chi connectivity index (χ3n) is 4.48. The molecule has 1 aliphatic rings. The number of fused-ring (bicyclic) bond motifs is 1. The Bertz CT molecular complexity index is 731. The van der Waals surface area contributed by atoms with Gasteiger partial charge in [0.1, 0.15) is 0 Å². The molecular weight excluding hydrogens is 316 g/mol. The van der Waals surface area contributed by atoms with Crippen LogP contribution in [0.15, 0.2) is 42.6 Å². The zero-order valence-electron chi connectivity index (χ0n) is 14.3. The summed E-state index contributed by atoms with van der Waals surface area (Å²) in [7, 11) is 0. The van der Waals surface area contributed by atoms with Gasteiger partial charge in [-0.25, -0.2) is 0 Å². The summed E-state index contributed by atoms with van der Waals surface area (Å²) in [5.74, 6) is 0.0294. The summed E-state index contributed by atoms with van der Waals surface area (Å²) >= 11 is 0. The van der Waals surface area contributed by atoms with Gasteiger partial charge in [0, 0.05) is 49.5 Å². The predicted molar refractivity (Wildman–Crippen MR) is 98.0 cm³/mol. The summed E-state index contributed by atoms with van der Waals surface area (Å²) < 4.78 is 5.70. The smallest absolute Gasteiger partial charge is 0.246 e. The molecule has 2 heterocycles. The first-order valence-corrected chi connectivity index (χ1v) is 8.81. The van der Waals surface area contributed by atoms with Crippen molar-refractivity contribution in [2.24, 2.45) is 0 Å². The quantitative estimate of drug-likeness (QED) is 0.649. The Morgan fingerprint density at radius 1 is 1.28 bits per heavy atom. The molecule has 1 amide bonds. The molecule has 0 radical (unpaired) electrons. The van der Waals surface area contributed by atoms with E-state index >= 15 is 0 Å². The van der Waals surface area contributed by atoms with Crippen molar-refractivity contribution in [3.63, 3.8) is 0 Å². The first kappa shape index (κ1) is 17.6. The number of aliphatic hydroxyl groups excluding tert-OH is 1. The molecule has 5 nitrogen and oxygen atoms in total. The van der Waals surface area contributed by atoms with Crippen LogP contribution in [-0.4, -0.2) is 53.3 Å². The van der Waals surface area contributed by atoms with Gasteiger partial charge in [-0.05, 0) is 31.4 Å². The molecular formula is C20H24N2O3. The van der Waals surface area contributed by atoms with Gasteiger partial charge in [0.15, 0.2) is 0 Å². The minimum Gasteiger partial charge on any atom is -0.396 e. The lowest BCUT2D eigenvalue weighted by molar-refractivity contribution is -0.128. The molecule has 25 heavy (non-hydrogen) atoms. The van der Waals surface area contributed by atoms with Gasteiger partial charge in [0.2, 0.25) is 5.91 Å². The number of likely N-dealkylation sites (tertiary alicyclic amines) is 1. The van der Waals surface area contributed by atoms with Gasteiger partial charge >= 0.3 is 0 Å². The van der Waals surface area contributed by atoms with Crippen molar-refractivity contribution in [2.75, 3.05) is 26.3 Å². The van der Waals surface area contributed by atoms with Crippen LogP contribution in [0.4, 0.5) is 0 Å². The van der Waals surface area contributed by atoms with E-state index in [1.165, 1.54) is 0 Å². The summed E-state index contributed by atoms with van der Waals surface area (Å²) in [6, 6.07) is 9.89. The van der Waals surface area contributed by atoms with Crippen molar-refractivity contribution < 1.29 is 14.6 Å². The SMILES string of the molecule is O=C(/C=C/c1cccc2cccnc12)N1CCC(OCCCO)CC1. The summed E-state index contributed by atoms with van der Waals surface area (Å²) in [6.07, 6.45) is 7.81. The van der Waals surface area contributed by atoms with E-state index in [9.17, 15) is 4.79 Å². The Labute approximate surface area is 147 Å². The Morgan fingerprint density at radius 3 is 2.88 bits per heavy atom. The van der Waals surface area contributed by atoms with E-state index in [0.717, 1.165) is 29.3 Å². The number of amides is 1. The normalized spacial score (nSPS) is 16.0. The summed E-state index contributed by atoms with van der Waals surface area (Å²) in [4.78, 5) is 18.7. The fraction of sp³-hybridized carbons (Fsp3) is 0.400. The molecule has 0 spiro atoms. The first-order valence-electron chi connectivity index (χ1n) is 8.81. The number of pyridine rings is 1. The summed E-state index contributed by atoms with van der Waals surface area (Å²) in [6.45, 7) is 2.16. The fourth-order valence-electron chi connectivity index (χ4n) is 3.09. The number of ether oxygens (including phenoxy) is 1. The van der Waals surface area contributed by atoms with Gasteiger partial charge in [0.25, 0.3) is 0 Å². The first-order chi connectivity index (χ1) is 12.3. The maximum absolute atomic E-state index is 12.4. The fourth-order valence-corrected chi connectivity index (χ4v) is 3.09. The average molecular weight is 340 g/mol. The van der Waals surface area contributed by atoms with Gasteiger partial charge in [-0.3, -0.25) is 9.78 Å². The zero-order chi connectivity index (χ0) is 17.5. The lowest BCUT2D eigenvalue weighted by atomic mass is 10.1. The van der Waals surface area contributed by atoms with E-state index < -0.39 is 0 Å². The molecule has 0 bridgehead atoms. The van der Waals surface area contributed by atoms with Crippen molar-refractivity contribution in [3.8, 4) is 0 Å². The highest BCUT2D eigenvalue weighted by Crippen LogP contribution is 2.18. The van der Waals surface area contributed by atoms with Crippen LogP contribution in [0.1, 0.15) is 24.8 Å². The second kappa shape index (κ2) is 8.74. The number of benzene rings is 1. The Morgan fingerprint density at radius 2 is 2.08 bits per heavy atom. The van der Waals surface area contributed by atoms with E-state index in [-0.39, 0.29) is 18.6 Å². The van der Waals surface area contributed by atoms with Gasteiger partial charge in [-0.2, -0.15) is 0 Å². The van der Waals surface area contributed by atoms with Crippen molar-refractivity contribution in [1.82, 2.24) is 9.88 Å². The monoisotopic (exact) mass is 340 g/mol. The van der Waals surface area contributed by atoms with Crippen molar-refractivity contribution in [3.05, 3.63) is 48.2 Å². The topological polar surface area (TPSA) is 62.7 Å². The zero-order valence-corrected chi connectivity index (χ0v) is 14.3. The number of piperidine rings is 1. The molecule has 1 fully saturated rings. The van der Waals surface area contributed by atoms with Crippen LogP contribution in [0.25, 0.3) is 17.0 Å². The minimum atomic E-state index is 0.0294. The Kier molecular flexibility index (Phi) is 6.14. The van der Waals surface area contributed by atoms with Gasteiger partial charge < -0.3 is 14.7 Å². The maximum Gasteiger partial charge on any atom is 0.246 e. The van der Waals surface area contributed by atoms with Crippen LogP contribution in [0, 0.1) is 0 Å². The minimum absolute atomic E-state index is 0.0294. The van der Waals surface area contributed by atoms with Crippen molar-refractivity contribution >= 4 is 22.9 Å². The predicted octanol–water partition coefficient (Wildman–Crippen LogP) is 2.64. The molecule has 3 rings (SSSR count). The standard InChI is InChI=1S/C20H24N2O3/c23-14-3-15-25-18-9-12-22(13-10-18)19(24)8-7-17-5-1-4-16-6-2-11-21-20(16)17/h1-2,4-8,11,18,23H,3,9-10,12-15H2/b8-7+. The lowest BCUT2D eigenvalue weighted by Crippen LogP contribution is -2.40. The number of carbonyl (C=O) groups is 1. The van der Waals surface area contributed by atoms with Crippen molar-refractivity contribution in [2.45, 2.75) is 25.4 Å². The second-order valence-electron chi connectivity index (χ2n) is 6.23. The van der Waals surface area contributed by atoms with Crippen LogP contribution in [-0.2, 0) is 9.53 Å². The van der Waals surface area contributed by atoms with Crippen LogP contribution < -0.4 is 0 Å². The molecule has 1 aromatic heterocycles. The van der Waals surface area contributed by atoms with E-state index in [0.29, 0.717) is 26.1 Å². The number of hydrogen-bond acceptors (Lipinski definition) is 4. The lowest BCUT2D eigenvalue weighted by Gasteiger charge is -2.31. The highest BCUT2D eigenvalue weighted by Gasteiger charge is 2.21. The van der Waals surface area contributed by atoms with Crippen LogP contribution in [0.2, 0.25) is 0 Å². The molecule has 1 aliphatic heterocycles. The summed E-state index contributed by atoms with van der Waals surface area (Å²) in [5, 5.41) is 9.85. The number of rotatable bonds is 6. The van der Waals surface area contributed by atoms with Crippen LogP contribution in [0.5, 0.6) is 0 Å². The van der Waals surface area contributed by atoms with Gasteiger partial charge in [0.05, 0.1) is 11.6 Å². The van der Waals surface area contributed by atoms with E-state index in [1.807, 2.05) is 41.3 Å². The van der Waals surface area contributed by atoms with Crippen molar-refractivity contribution in [1.29, 1.82) is 0 Å². The molecule has 1 N–H and O–H groups in total. The number of aromatic nitrogens is 1. The molecule has 1 saturated heterocycles. The maximum atomic E-state index is 12.4. The van der Waals surface area contributed by atoms with Crippen LogP contribution >= 0.6 is 0 Å². The highest BCUT2D eigenvalue weighted by atomic mass is 16.5. The number of hydrogen-bond donors (Lipinski definition) is 1. The average Bonchev–Trinajstić information content (AvgIpc) is 2.67. The van der Waals surface area contributed by atoms with E-state index in [2.05, 4.69) is 4.98 Å². The molecule has 2 aromatic rings. The second-order valence-corrected chi connectivity index (χ2v) is 6.23. The number of nitrogens with zero attached hydrogens (tertiary/aromatic N) is 2. The third kappa shape index (κ3) is 4.65.